The Morgan fingerprint density at radius 3 is 2.07 bits per heavy atom. The molecule has 0 unspecified atom stereocenters. The van der Waals surface area contributed by atoms with Crippen molar-refractivity contribution in [2.45, 2.75) is 27.7 Å². The predicted octanol–water partition coefficient (Wildman–Crippen LogP) is 3.16. The molecule has 2 nitrogen and oxygen atoms in total. The lowest BCUT2D eigenvalue weighted by atomic mass is 10.2. The van der Waals surface area contributed by atoms with Gasteiger partial charge in [-0.05, 0) is 31.7 Å². The first kappa shape index (κ1) is 15.6. The fourth-order valence-electron chi connectivity index (χ4n) is 0.747. The van der Waals surface area contributed by atoms with Gasteiger partial charge in [0, 0.05) is 18.0 Å². The fourth-order valence-corrected chi connectivity index (χ4v) is 0.747. The van der Waals surface area contributed by atoms with Crippen LogP contribution in [0.1, 0.15) is 36.7 Å². The van der Waals surface area contributed by atoms with Crippen LogP contribution >= 0.6 is 12.6 Å². The third-order valence-electron chi connectivity index (χ3n) is 1.28. The summed E-state index contributed by atoms with van der Waals surface area (Å²) in [6.07, 6.45) is 5.00. The van der Waals surface area contributed by atoms with Gasteiger partial charge in [-0.1, -0.05) is 13.8 Å². The van der Waals surface area contributed by atoms with E-state index in [1.807, 2.05) is 26.8 Å². The maximum Gasteiger partial charge on any atom is 0.161 e. The molecule has 1 aromatic rings. The molecule has 80 valence electrons. The van der Waals surface area contributed by atoms with Crippen LogP contribution in [0.25, 0.3) is 0 Å². The number of ketones is 1. The largest absolute Gasteiger partial charge is 0.294 e. The second-order valence-electron chi connectivity index (χ2n) is 2.31. The van der Waals surface area contributed by atoms with Gasteiger partial charge in [-0.3, -0.25) is 9.78 Å². The first-order valence-electron chi connectivity index (χ1n) is 4.57. The number of Topliss-reactive ketones (excluding diaryl/α,β-unsaturated/α-hetero) is 1. The van der Waals surface area contributed by atoms with Crippen LogP contribution < -0.4 is 0 Å². The Morgan fingerprint density at radius 2 is 1.79 bits per heavy atom. The summed E-state index contributed by atoms with van der Waals surface area (Å²) >= 11 is 3.53. The molecule has 0 fully saturated rings. The lowest BCUT2D eigenvalue weighted by molar-refractivity contribution is 0.101. The van der Waals surface area contributed by atoms with Crippen LogP contribution in [0.2, 0.25) is 0 Å². The molecule has 0 aliphatic carbocycles. The summed E-state index contributed by atoms with van der Waals surface area (Å²) in [5.74, 6) is 0.0659. The summed E-state index contributed by atoms with van der Waals surface area (Å²) in [4.78, 5) is 14.6. The summed E-state index contributed by atoms with van der Waals surface area (Å²) in [6, 6.07) is 1.83. The number of nitrogens with zero attached hydrogens (tertiary/aromatic N) is 1. The number of hydrogen-bond acceptors (Lipinski definition) is 3. The van der Waals surface area contributed by atoms with E-state index in [9.17, 15) is 4.79 Å². The van der Waals surface area contributed by atoms with Gasteiger partial charge in [0.2, 0.25) is 0 Å². The second kappa shape index (κ2) is 10.3. The minimum absolute atomic E-state index is 0.0659. The highest BCUT2D eigenvalue weighted by Gasteiger charge is 1.97. The number of thiol groups is 1. The minimum Gasteiger partial charge on any atom is -0.294 e. The molecule has 1 rings (SSSR count). The van der Waals surface area contributed by atoms with E-state index in [2.05, 4.69) is 17.6 Å². The zero-order valence-corrected chi connectivity index (χ0v) is 10.4. The van der Waals surface area contributed by atoms with E-state index >= 15 is 0 Å². The van der Waals surface area contributed by atoms with Gasteiger partial charge in [0.15, 0.2) is 5.78 Å². The van der Waals surface area contributed by atoms with Crippen LogP contribution in [-0.2, 0) is 0 Å². The van der Waals surface area contributed by atoms with Crippen molar-refractivity contribution in [3.63, 3.8) is 0 Å². The molecule has 0 saturated carbocycles. The number of carbonyl (C=O) groups excluding carboxylic acids is 1. The van der Waals surface area contributed by atoms with Crippen LogP contribution in [0.15, 0.2) is 18.5 Å². The molecular formula is C11H19NOS. The Balaban J connectivity index is 0. The van der Waals surface area contributed by atoms with E-state index in [0.717, 1.165) is 5.56 Å². The Kier molecular flexibility index (Phi) is 11.4. The van der Waals surface area contributed by atoms with E-state index < -0.39 is 0 Å². The first-order chi connectivity index (χ1) is 6.70. The summed E-state index contributed by atoms with van der Waals surface area (Å²) in [6.45, 7) is 7.45. The first-order valence-corrected chi connectivity index (χ1v) is 5.47. The van der Waals surface area contributed by atoms with Crippen molar-refractivity contribution in [3.05, 3.63) is 29.6 Å². The van der Waals surface area contributed by atoms with Crippen molar-refractivity contribution in [1.82, 2.24) is 4.98 Å². The lowest BCUT2D eigenvalue weighted by Gasteiger charge is -1.94. The van der Waals surface area contributed by atoms with Crippen molar-refractivity contribution >= 4 is 18.4 Å². The topological polar surface area (TPSA) is 30.0 Å². The van der Waals surface area contributed by atoms with Crippen LogP contribution in [0.5, 0.6) is 0 Å². The molecule has 0 saturated heterocycles. The molecule has 0 N–H and O–H groups in total. The molecule has 0 aliphatic rings. The highest BCUT2D eigenvalue weighted by Crippen LogP contribution is 2.00. The normalized spacial score (nSPS) is 7.57. The van der Waals surface area contributed by atoms with Crippen LogP contribution in [-0.4, -0.2) is 17.0 Å². The van der Waals surface area contributed by atoms with Crippen molar-refractivity contribution in [3.8, 4) is 0 Å². The van der Waals surface area contributed by atoms with E-state index in [4.69, 9.17) is 0 Å². The van der Waals surface area contributed by atoms with Gasteiger partial charge in [-0.25, -0.2) is 0 Å². The minimum atomic E-state index is 0.0659. The van der Waals surface area contributed by atoms with Gasteiger partial charge in [0.1, 0.15) is 0 Å². The molecule has 14 heavy (non-hydrogen) atoms. The van der Waals surface area contributed by atoms with Crippen molar-refractivity contribution in [2.75, 3.05) is 6.26 Å². The summed E-state index contributed by atoms with van der Waals surface area (Å²) < 4.78 is 0. The summed E-state index contributed by atoms with van der Waals surface area (Å²) in [5, 5.41) is 0. The van der Waals surface area contributed by atoms with Crippen LogP contribution in [0, 0.1) is 6.92 Å². The predicted molar refractivity (Wildman–Crippen MR) is 65.2 cm³/mol. The van der Waals surface area contributed by atoms with E-state index in [0.29, 0.717) is 5.56 Å². The molecule has 0 amide bonds. The van der Waals surface area contributed by atoms with E-state index in [-0.39, 0.29) is 5.78 Å². The second-order valence-corrected chi connectivity index (χ2v) is 2.31. The Labute approximate surface area is 92.2 Å². The molecule has 0 aromatic carbocycles. The monoisotopic (exact) mass is 213 g/mol. The highest BCUT2D eigenvalue weighted by molar-refractivity contribution is 7.79. The molecule has 0 aliphatic heterocycles. The number of aryl methyl sites for hydroxylation is 1. The highest BCUT2D eigenvalue weighted by atomic mass is 32.1. The summed E-state index contributed by atoms with van der Waals surface area (Å²) in [5.41, 5.74) is 1.70. The smallest absolute Gasteiger partial charge is 0.161 e. The molecular weight excluding hydrogens is 194 g/mol. The SMILES string of the molecule is CC.CC(=O)c1cncc(C)c1.CS. The molecule has 0 spiro atoms. The zero-order chi connectivity index (χ0) is 11.6. The lowest BCUT2D eigenvalue weighted by Crippen LogP contribution is -1.92. The third kappa shape index (κ3) is 6.66. The van der Waals surface area contributed by atoms with Crippen molar-refractivity contribution in [1.29, 1.82) is 0 Å². The molecule has 1 aromatic heterocycles. The number of hydrogen-bond donors (Lipinski definition) is 1. The molecule has 1 heterocycles. The van der Waals surface area contributed by atoms with Gasteiger partial charge >= 0.3 is 0 Å². The average molecular weight is 213 g/mol. The van der Waals surface area contributed by atoms with Crippen molar-refractivity contribution < 1.29 is 4.79 Å². The van der Waals surface area contributed by atoms with Gasteiger partial charge in [-0.2, -0.15) is 12.6 Å². The standard InChI is InChI=1S/C8H9NO.C2H6.CH4S/c1-6-3-8(7(2)10)5-9-4-6;2*1-2/h3-5H,1-2H3;1-2H3;2H,1H3. The number of rotatable bonds is 1. The molecule has 3 heteroatoms. The van der Waals surface area contributed by atoms with Crippen molar-refractivity contribution in [2.24, 2.45) is 0 Å². The third-order valence-corrected chi connectivity index (χ3v) is 1.28. The Hall–Kier alpha value is -0.830. The van der Waals surface area contributed by atoms with Crippen LogP contribution in [0.4, 0.5) is 0 Å². The van der Waals surface area contributed by atoms with Gasteiger partial charge < -0.3 is 0 Å². The van der Waals surface area contributed by atoms with E-state index in [1.54, 1.807) is 18.6 Å². The maximum absolute atomic E-state index is 10.8. The maximum atomic E-state index is 10.8. The average Bonchev–Trinajstić information content (AvgIpc) is 2.24. The number of aromatic nitrogens is 1. The summed E-state index contributed by atoms with van der Waals surface area (Å²) in [7, 11) is 0. The van der Waals surface area contributed by atoms with Gasteiger partial charge in [0.05, 0.1) is 0 Å². The van der Waals surface area contributed by atoms with Gasteiger partial charge in [-0.15, -0.1) is 0 Å². The number of pyridine rings is 1. The van der Waals surface area contributed by atoms with Crippen LogP contribution in [0.3, 0.4) is 0 Å². The molecule has 0 radical (unpaired) electrons. The quantitative estimate of drug-likeness (QED) is 0.573. The molecule has 0 atom stereocenters. The fraction of sp³-hybridized carbons (Fsp3) is 0.455. The Morgan fingerprint density at radius 1 is 1.29 bits per heavy atom. The number of carbonyl (C=O) groups is 1. The van der Waals surface area contributed by atoms with Gasteiger partial charge in [0.25, 0.3) is 0 Å². The zero-order valence-electron chi connectivity index (χ0n) is 9.53. The molecule has 0 bridgehead atoms. The Bertz CT molecular complexity index is 261. The van der Waals surface area contributed by atoms with E-state index in [1.165, 1.54) is 6.92 Å².